The lowest BCUT2D eigenvalue weighted by molar-refractivity contribution is 0.209. The molecule has 1 aliphatic carbocycles. The van der Waals surface area contributed by atoms with Crippen LogP contribution in [-0.2, 0) is 9.05 Å². The molecule has 0 aromatic carbocycles. The molecule has 2 atom stereocenters. The van der Waals surface area contributed by atoms with Crippen LogP contribution in [-0.4, -0.2) is 20.3 Å². The Labute approximate surface area is 76.5 Å². The van der Waals surface area contributed by atoms with E-state index in [2.05, 4.69) is 0 Å². The molecule has 1 rings (SSSR count). The van der Waals surface area contributed by atoms with Gasteiger partial charge in [0.25, 0.3) is 0 Å². The predicted octanol–water partition coefficient (Wildman–Crippen LogP) is 2.08. The van der Waals surface area contributed by atoms with Gasteiger partial charge in [0.1, 0.15) is 6.17 Å². The quantitative estimate of drug-likeness (QED) is 0.660. The van der Waals surface area contributed by atoms with E-state index in [1.54, 1.807) is 0 Å². The number of halogens is 2. The highest BCUT2D eigenvalue weighted by atomic mass is 35.7. The summed E-state index contributed by atoms with van der Waals surface area (Å²) in [4.78, 5) is 0. The van der Waals surface area contributed by atoms with Crippen molar-refractivity contribution in [1.82, 2.24) is 0 Å². The molecule has 5 heteroatoms. The van der Waals surface area contributed by atoms with Crippen LogP contribution in [0.4, 0.5) is 4.39 Å². The van der Waals surface area contributed by atoms with Gasteiger partial charge in [0.05, 0.1) is 5.75 Å². The molecule has 0 radical (unpaired) electrons. The fourth-order valence-electron chi connectivity index (χ4n) is 1.66. The van der Waals surface area contributed by atoms with Gasteiger partial charge in [-0.25, -0.2) is 12.8 Å². The standard InChI is InChI=1S/C7H12ClFO2S/c8-12(10,11)5-6-2-1-3-7(9)4-6/h6-7H,1-5H2/t6-,7+/m1/s1. The van der Waals surface area contributed by atoms with Crippen molar-refractivity contribution >= 4 is 19.7 Å². The molecule has 1 fully saturated rings. The van der Waals surface area contributed by atoms with Crippen molar-refractivity contribution in [2.24, 2.45) is 5.92 Å². The summed E-state index contributed by atoms with van der Waals surface area (Å²) in [5.41, 5.74) is 0. The SMILES string of the molecule is O=S(=O)(Cl)C[C@@H]1CCC[C@H](F)C1. The molecule has 72 valence electrons. The Bertz CT molecular complexity index is 240. The largest absolute Gasteiger partial charge is 0.247 e. The summed E-state index contributed by atoms with van der Waals surface area (Å²) >= 11 is 0. The summed E-state index contributed by atoms with van der Waals surface area (Å²) in [6, 6.07) is 0. The van der Waals surface area contributed by atoms with Crippen molar-refractivity contribution in [3.8, 4) is 0 Å². The maximum Gasteiger partial charge on any atom is 0.232 e. The van der Waals surface area contributed by atoms with Crippen LogP contribution in [0.15, 0.2) is 0 Å². The van der Waals surface area contributed by atoms with E-state index in [1.165, 1.54) is 0 Å². The maximum atomic E-state index is 12.8. The summed E-state index contributed by atoms with van der Waals surface area (Å²) in [5.74, 6) is -0.147. The van der Waals surface area contributed by atoms with E-state index in [9.17, 15) is 12.8 Å². The van der Waals surface area contributed by atoms with Crippen molar-refractivity contribution in [2.75, 3.05) is 5.75 Å². The van der Waals surface area contributed by atoms with Crippen molar-refractivity contribution in [3.63, 3.8) is 0 Å². The zero-order valence-electron chi connectivity index (χ0n) is 6.67. The lowest BCUT2D eigenvalue weighted by atomic mass is 9.89. The third kappa shape index (κ3) is 3.72. The number of rotatable bonds is 2. The van der Waals surface area contributed by atoms with E-state index in [0.717, 1.165) is 12.8 Å². The molecule has 0 bridgehead atoms. The van der Waals surface area contributed by atoms with E-state index in [-0.39, 0.29) is 11.7 Å². The zero-order chi connectivity index (χ0) is 9.19. The van der Waals surface area contributed by atoms with Crippen LogP contribution in [0.25, 0.3) is 0 Å². The Morgan fingerprint density at radius 1 is 1.42 bits per heavy atom. The summed E-state index contributed by atoms with van der Waals surface area (Å²) in [6.45, 7) is 0. The highest BCUT2D eigenvalue weighted by Gasteiger charge is 2.24. The second kappa shape index (κ2) is 3.92. The van der Waals surface area contributed by atoms with Gasteiger partial charge in [-0.3, -0.25) is 0 Å². The molecule has 1 aliphatic rings. The van der Waals surface area contributed by atoms with Crippen LogP contribution >= 0.6 is 10.7 Å². The van der Waals surface area contributed by atoms with E-state index in [4.69, 9.17) is 10.7 Å². The highest BCUT2D eigenvalue weighted by Crippen LogP contribution is 2.27. The first-order valence-electron chi connectivity index (χ1n) is 4.04. The molecule has 0 amide bonds. The van der Waals surface area contributed by atoms with Gasteiger partial charge in [-0.15, -0.1) is 0 Å². The first kappa shape index (κ1) is 10.3. The number of hydrogen-bond donors (Lipinski definition) is 0. The first-order valence-corrected chi connectivity index (χ1v) is 6.51. The van der Waals surface area contributed by atoms with Crippen LogP contribution < -0.4 is 0 Å². The number of alkyl halides is 1. The normalized spacial score (nSPS) is 31.8. The topological polar surface area (TPSA) is 34.1 Å². The minimum absolute atomic E-state index is 0.0729. The van der Waals surface area contributed by atoms with E-state index in [1.807, 2.05) is 0 Å². The van der Waals surface area contributed by atoms with E-state index < -0.39 is 15.2 Å². The Kier molecular flexibility index (Phi) is 3.35. The first-order chi connectivity index (χ1) is 5.47. The Morgan fingerprint density at radius 3 is 2.58 bits per heavy atom. The Hall–Kier alpha value is 0.170. The van der Waals surface area contributed by atoms with Gasteiger partial charge in [-0.2, -0.15) is 0 Å². The van der Waals surface area contributed by atoms with Crippen molar-refractivity contribution in [1.29, 1.82) is 0 Å². The lowest BCUT2D eigenvalue weighted by Gasteiger charge is -2.22. The molecule has 12 heavy (non-hydrogen) atoms. The molecule has 0 spiro atoms. The van der Waals surface area contributed by atoms with E-state index in [0.29, 0.717) is 12.8 Å². The van der Waals surface area contributed by atoms with Gasteiger partial charge in [-0.05, 0) is 25.2 Å². The highest BCUT2D eigenvalue weighted by molar-refractivity contribution is 8.13. The molecule has 0 saturated heterocycles. The maximum absolute atomic E-state index is 12.8. The Balaban J connectivity index is 2.43. The van der Waals surface area contributed by atoms with Crippen molar-refractivity contribution < 1.29 is 12.8 Å². The van der Waals surface area contributed by atoms with Gasteiger partial charge in [0.2, 0.25) is 9.05 Å². The predicted molar refractivity (Wildman–Crippen MR) is 46.5 cm³/mol. The van der Waals surface area contributed by atoms with Crippen molar-refractivity contribution in [3.05, 3.63) is 0 Å². The van der Waals surface area contributed by atoms with Gasteiger partial charge in [-0.1, -0.05) is 6.42 Å². The van der Waals surface area contributed by atoms with Crippen molar-refractivity contribution in [2.45, 2.75) is 31.9 Å². The fourth-order valence-corrected chi connectivity index (χ4v) is 3.06. The summed E-state index contributed by atoms with van der Waals surface area (Å²) in [7, 11) is 1.62. The van der Waals surface area contributed by atoms with Gasteiger partial charge >= 0.3 is 0 Å². The molecule has 0 heterocycles. The van der Waals surface area contributed by atoms with Gasteiger partial charge in [0.15, 0.2) is 0 Å². The minimum atomic E-state index is -3.44. The number of hydrogen-bond acceptors (Lipinski definition) is 2. The zero-order valence-corrected chi connectivity index (χ0v) is 8.24. The van der Waals surface area contributed by atoms with Crippen LogP contribution in [0.3, 0.4) is 0 Å². The van der Waals surface area contributed by atoms with E-state index >= 15 is 0 Å². The van der Waals surface area contributed by atoms with Crippen LogP contribution in [0.1, 0.15) is 25.7 Å². The Morgan fingerprint density at radius 2 is 2.08 bits per heavy atom. The molecular formula is C7H12ClFO2S. The second-order valence-corrected chi connectivity index (χ2v) is 6.16. The lowest BCUT2D eigenvalue weighted by Crippen LogP contribution is -2.21. The van der Waals surface area contributed by atoms with Crippen LogP contribution in [0.2, 0.25) is 0 Å². The monoisotopic (exact) mass is 214 g/mol. The summed E-state index contributed by atoms with van der Waals surface area (Å²) < 4.78 is 34.1. The molecule has 1 saturated carbocycles. The summed E-state index contributed by atoms with van der Waals surface area (Å²) in [5, 5.41) is 0. The average molecular weight is 215 g/mol. The molecule has 0 unspecified atom stereocenters. The second-order valence-electron chi connectivity index (χ2n) is 3.34. The molecular weight excluding hydrogens is 203 g/mol. The summed E-state index contributed by atoms with van der Waals surface area (Å²) in [6.07, 6.45) is 1.65. The average Bonchev–Trinajstić information content (AvgIpc) is 1.82. The van der Waals surface area contributed by atoms with Crippen LogP contribution in [0, 0.1) is 5.92 Å². The molecule has 0 aliphatic heterocycles. The minimum Gasteiger partial charge on any atom is -0.247 e. The molecule has 2 nitrogen and oxygen atoms in total. The molecule has 0 aromatic rings. The fraction of sp³-hybridized carbons (Fsp3) is 1.00. The molecule has 0 N–H and O–H groups in total. The molecule has 0 aromatic heterocycles. The third-order valence-electron chi connectivity index (χ3n) is 2.15. The van der Waals surface area contributed by atoms with Gasteiger partial charge in [0, 0.05) is 10.7 Å². The van der Waals surface area contributed by atoms with Crippen LogP contribution in [0.5, 0.6) is 0 Å². The third-order valence-corrected chi connectivity index (χ3v) is 3.40. The van der Waals surface area contributed by atoms with Gasteiger partial charge < -0.3 is 0 Å². The smallest absolute Gasteiger partial charge is 0.232 e.